The van der Waals surface area contributed by atoms with Gasteiger partial charge in [-0.05, 0) is 31.7 Å². The molecule has 2 N–H and O–H groups in total. The highest BCUT2D eigenvalue weighted by molar-refractivity contribution is 14.0. The Kier molecular flexibility index (Phi) is 8.01. The van der Waals surface area contributed by atoms with Crippen molar-refractivity contribution < 1.29 is 13.5 Å². The molecular formula is C16H24F2IN3O. The van der Waals surface area contributed by atoms with Gasteiger partial charge in [0.2, 0.25) is 0 Å². The molecule has 1 heterocycles. The maximum Gasteiger partial charge on any atom is 0.387 e. The van der Waals surface area contributed by atoms with Crippen molar-refractivity contribution in [3.8, 4) is 5.75 Å². The molecule has 1 aliphatic heterocycles. The number of ether oxygens (including phenoxy) is 1. The number of alkyl halides is 2. The van der Waals surface area contributed by atoms with Gasteiger partial charge >= 0.3 is 6.61 Å². The average Bonchev–Trinajstić information content (AvgIpc) is 2.46. The normalized spacial score (nSPS) is 18.7. The van der Waals surface area contributed by atoms with Gasteiger partial charge in [-0.3, -0.25) is 0 Å². The van der Waals surface area contributed by atoms with Gasteiger partial charge in [0.1, 0.15) is 5.75 Å². The van der Waals surface area contributed by atoms with Crippen LogP contribution in [0.2, 0.25) is 0 Å². The van der Waals surface area contributed by atoms with E-state index in [-0.39, 0.29) is 36.3 Å². The summed E-state index contributed by atoms with van der Waals surface area (Å²) in [6.07, 6.45) is 2.30. The van der Waals surface area contributed by atoms with Crippen molar-refractivity contribution in [2.45, 2.75) is 39.8 Å². The molecule has 7 heteroatoms. The Hall–Kier alpha value is -1.12. The van der Waals surface area contributed by atoms with Crippen molar-refractivity contribution in [3.63, 3.8) is 0 Å². The minimum atomic E-state index is -2.84. The summed E-state index contributed by atoms with van der Waals surface area (Å²) in [5, 5.41) is 0. The summed E-state index contributed by atoms with van der Waals surface area (Å²) in [6, 6.07) is 5.08. The minimum absolute atomic E-state index is 0. The molecule has 0 aromatic heterocycles. The van der Waals surface area contributed by atoms with Gasteiger partial charge in [-0.2, -0.15) is 8.78 Å². The fourth-order valence-corrected chi connectivity index (χ4v) is 2.71. The number of nitrogens with zero attached hydrogens (tertiary/aromatic N) is 2. The van der Waals surface area contributed by atoms with E-state index in [0.29, 0.717) is 17.4 Å². The van der Waals surface area contributed by atoms with Crippen molar-refractivity contribution in [1.82, 2.24) is 4.90 Å². The van der Waals surface area contributed by atoms with E-state index in [0.717, 1.165) is 25.1 Å². The first-order chi connectivity index (χ1) is 10.5. The molecule has 130 valence electrons. The van der Waals surface area contributed by atoms with E-state index in [2.05, 4.69) is 21.6 Å². The zero-order valence-corrected chi connectivity index (χ0v) is 15.8. The number of hydrogen-bond acceptors (Lipinski definition) is 2. The van der Waals surface area contributed by atoms with Crippen LogP contribution in [0.5, 0.6) is 5.75 Å². The van der Waals surface area contributed by atoms with Crippen LogP contribution in [-0.2, 0) is 6.54 Å². The topological polar surface area (TPSA) is 50.9 Å². The highest BCUT2D eigenvalue weighted by Gasteiger charge is 2.18. The molecule has 1 saturated heterocycles. The quantitative estimate of drug-likeness (QED) is 0.442. The second-order valence-corrected chi connectivity index (χ2v) is 5.86. The summed E-state index contributed by atoms with van der Waals surface area (Å²) >= 11 is 0. The Bertz CT molecular complexity index is 540. The molecule has 1 aromatic rings. The van der Waals surface area contributed by atoms with Crippen LogP contribution in [0.15, 0.2) is 23.2 Å². The summed E-state index contributed by atoms with van der Waals surface area (Å²) < 4.78 is 29.4. The fraction of sp³-hybridized carbons (Fsp3) is 0.562. The third-order valence-corrected chi connectivity index (χ3v) is 3.82. The van der Waals surface area contributed by atoms with E-state index in [4.69, 9.17) is 5.73 Å². The summed E-state index contributed by atoms with van der Waals surface area (Å²) in [7, 11) is 0. The van der Waals surface area contributed by atoms with Gasteiger partial charge in [0.15, 0.2) is 5.96 Å². The summed E-state index contributed by atoms with van der Waals surface area (Å²) in [5.74, 6) is 1.22. The largest absolute Gasteiger partial charge is 0.434 e. The van der Waals surface area contributed by atoms with E-state index in [1.165, 1.54) is 6.42 Å². The molecule has 0 aliphatic carbocycles. The van der Waals surface area contributed by atoms with Crippen molar-refractivity contribution in [3.05, 3.63) is 29.3 Å². The molecule has 1 unspecified atom stereocenters. The standard InChI is InChI=1S/C16H23F2N3O.HI/c1-11-5-6-14(22-15(17)18)13(8-11)9-20-16(19)21-7-3-4-12(2)10-21;/h5-6,8,12,15H,3-4,7,9-10H2,1-2H3,(H2,19,20);1H. The Balaban J connectivity index is 0.00000264. The van der Waals surface area contributed by atoms with Crippen LogP contribution in [0.3, 0.4) is 0 Å². The number of guanidine groups is 1. The van der Waals surface area contributed by atoms with E-state index in [1.54, 1.807) is 18.2 Å². The SMILES string of the molecule is Cc1ccc(OC(F)F)c(CN=C(N)N2CCCC(C)C2)c1.I. The molecule has 23 heavy (non-hydrogen) atoms. The molecule has 2 rings (SSSR count). The molecule has 1 fully saturated rings. The van der Waals surface area contributed by atoms with Crippen molar-refractivity contribution >= 4 is 29.9 Å². The monoisotopic (exact) mass is 439 g/mol. The molecule has 1 aliphatic rings. The van der Waals surface area contributed by atoms with Crippen LogP contribution in [0.1, 0.15) is 30.9 Å². The zero-order chi connectivity index (χ0) is 16.1. The van der Waals surface area contributed by atoms with Crippen molar-refractivity contribution in [2.75, 3.05) is 13.1 Å². The first-order valence-electron chi connectivity index (χ1n) is 7.55. The van der Waals surface area contributed by atoms with Crippen LogP contribution in [-0.4, -0.2) is 30.6 Å². The third-order valence-electron chi connectivity index (χ3n) is 3.82. The average molecular weight is 439 g/mol. The van der Waals surface area contributed by atoms with Crippen LogP contribution in [0.4, 0.5) is 8.78 Å². The number of aryl methyl sites for hydroxylation is 1. The van der Waals surface area contributed by atoms with Gasteiger partial charge in [0.05, 0.1) is 6.54 Å². The van der Waals surface area contributed by atoms with E-state index >= 15 is 0 Å². The first-order valence-corrected chi connectivity index (χ1v) is 7.55. The predicted molar refractivity (Wildman–Crippen MR) is 98.5 cm³/mol. The van der Waals surface area contributed by atoms with Crippen LogP contribution < -0.4 is 10.5 Å². The second-order valence-electron chi connectivity index (χ2n) is 5.86. The number of piperidine rings is 1. The molecule has 0 amide bonds. The van der Waals surface area contributed by atoms with Gasteiger partial charge in [-0.25, -0.2) is 4.99 Å². The lowest BCUT2D eigenvalue weighted by atomic mass is 10.0. The minimum Gasteiger partial charge on any atom is -0.434 e. The zero-order valence-electron chi connectivity index (χ0n) is 13.5. The highest BCUT2D eigenvalue weighted by Crippen LogP contribution is 2.23. The third kappa shape index (κ3) is 6.12. The molecule has 0 bridgehead atoms. The van der Waals surface area contributed by atoms with Crippen molar-refractivity contribution in [1.29, 1.82) is 0 Å². The van der Waals surface area contributed by atoms with E-state index < -0.39 is 6.61 Å². The van der Waals surface area contributed by atoms with Gasteiger partial charge in [-0.1, -0.05) is 24.6 Å². The van der Waals surface area contributed by atoms with E-state index in [9.17, 15) is 8.78 Å². The smallest absolute Gasteiger partial charge is 0.387 e. The second kappa shape index (κ2) is 9.24. The van der Waals surface area contributed by atoms with Crippen LogP contribution in [0, 0.1) is 12.8 Å². The van der Waals surface area contributed by atoms with Gasteiger partial charge in [-0.15, -0.1) is 24.0 Å². The first kappa shape index (κ1) is 19.9. The number of likely N-dealkylation sites (tertiary alicyclic amines) is 1. The van der Waals surface area contributed by atoms with Gasteiger partial charge in [0, 0.05) is 18.7 Å². The number of halogens is 3. The fourth-order valence-electron chi connectivity index (χ4n) is 2.71. The molecule has 1 aromatic carbocycles. The lowest BCUT2D eigenvalue weighted by molar-refractivity contribution is -0.0504. The number of benzene rings is 1. The number of rotatable bonds is 4. The maximum absolute atomic E-state index is 12.4. The Morgan fingerprint density at radius 2 is 2.22 bits per heavy atom. The Labute approximate surface area is 153 Å². The molecule has 0 spiro atoms. The molecule has 0 radical (unpaired) electrons. The number of hydrogen-bond donors (Lipinski definition) is 1. The molecule has 0 saturated carbocycles. The summed E-state index contributed by atoms with van der Waals surface area (Å²) in [5.41, 5.74) is 7.62. The van der Waals surface area contributed by atoms with Gasteiger partial charge in [0.25, 0.3) is 0 Å². The predicted octanol–water partition coefficient (Wildman–Crippen LogP) is 3.76. The van der Waals surface area contributed by atoms with Gasteiger partial charge < -0.3 is 15.4 Å². The van der Waals surface area contributed by atoms with Crippen LogP contribution >= 0.6 is 24.0 Å². The Morgan fingerprint density at radius 3 is 2.87 bits per heavy atom. The van der Waals surface area contributed by atoms with E-state index in [1.807, 2.05) is 6.92 Å². The lowest BCUT2D eigenvalue weighted by Crippen LogP contribution is -2.43. The Morgan fingerprint density at radius 1 is 1.48 bits per heavy atom. The molecule has 1 atom stereocenters. The summed E-state index contributed by atoms with van der Waals surface area (Å²) in [4.78, 5) is 6.41. The maximum atomic E-state index is 12.4. The summed E-state index contributed by atoms with van der Waals surface area (Å²) in [6.45, 7) is 3.27. The lowest BCUT2D eigenvalue weighted by Gasteiger charge is -2.31. The van der Waals surface area contributed by atoms with Crippen LogP contribution in [0.25, 0.3) is 0 Å². The molecule has 4 nitrogen and oxygen atoms in total. The number of aliphatic imine (C=N–C) groups is 1. The van der Waals surface area contributed by atoms with Crippen molar-refractivity contribution in [2.24, 2.45) is 16.6 Å². The molecular weight excluding hydrogens is 415 g/mol. The number of nitrogens with two attached hydrogens (primary N) is 1. The highest BCUT2D eigenvalue weighted by atomic mass is 127.